The molecule has 1 atom stereocenters. The van der Waals surface area contributed by atoms with Crippen LogP contribution >= 0.6 is 0 Å². The Balaban J connectivity index is 2.26. The van der Waals surface area contributed by atoms with Crippen LogP contribution < -0.4 is 0 Å². The topological polar surface area (TPSA) is 20.2 Å². The Bertz CT molecular complexity index is 287. The molecule has 1 heteroatoms. The zero-order chi connectivity index (χ0) is 12.0. The van der Waals surface area contributed by atoms with E-state index in [1.165, 1.54) is 24.8 Å². The molecule has 0 heterocycles. The van der Waals surface area contributed by atoms with Gasteiger partial charge in [0.2, 0.25) is 0 Å². The van der Waals surface area contributed by atoms with E-state index in [4.69, 9.17) is 0 Å². The maximum atomic E-state index is 9.18. The molecule has 0 aliphatic carbocycles. The molecule has 0 saturated heterocycles. The Kier molecular flexibility index (Phi) is 5.37. The summed E-state index contributed by atoms with van der Waals surface area (Å²) >= 11 is 0. The molecule has 1 unspecified atom stereocenters. The van der Waals surface area contributed by atoms with Gasteiger partial charge >= 0.3 is 0 Å². The zero-order valence-electron chi connectivity index (χ0n) is 10.7. The first-order chi connectivity index (χ1) is 7.58. The van der Waals surface area contributed by atoms with Crippen molar-refractivity contribution in [2.24, 2.45) is 11.8 Å². The molecule has 1 nitrogen and oxygen atoms in total. The number of rotatable bonds is 6. The number of hydrogen-bond acceptors (Lipinski definition) is 1. The number of benzene rings is 1. The molecule has 90 valence electrons. The Morgan fingerprint density at radius 1 is 0.938 bits per heavy atom. The summed E-state index contributed by atoms with van der Waals surface area (Å²) in [5, 5.41) is 9.18. The molecule has 1 N–H and O–H groups in total. The van der Waals surface area contributed by atoms with Gasteiger partial charge in [0, 0.05) is 0 Å². The largest absolute Gasteiger partial charge is 0.508 e. The summed E-state index contributed by atoms with van der Waals surface area (Å²) in [6, 6.07) is 7.58. The molecule has 0 fully saturated rings. The van der Waals surface area contributed by atoms with Crippen LogP contribution in [0.4, 0.5) is 0 Å². The number of aryl methyl sites for hydroxylation is 1. The second-order valence-corrected chi connectivity index (χ2v) is 5.28. The van der Waals surface area contributed by atoms with Crippen LogP contribution in [0.1, 0.15) is 45.6 Å². The van der Waals surface area contributed by atoms with E-state index < -0.39 is 0 Å². The van der Waals surface area contributed by atoms with Crippen LogP contribution in [0.2, 0.25) is 0 Å². The maximum absolute atomic E-state index is 9.18. The predicted molar refractivity (Wildman–Crippen MR) is 69.7 cm³/mol. The van der Waals surface area contributed by atoms with Crippen molar-refractivity contribution in [3.05, 3.63) is 29.8 Å². The number of phenols is 1. The van der Waals surface area contributed by atoms with Gasteiger partial charge in [0.1, 0.15) is 5.75 Å². The molecular weight excluding hydrogens is 197 g/mol. The van der Waals surface area contributed by atoms with Crippen molar-refractivity contribution in [3.63, 3.8) is 0 Å². The lowest BCUT2D eigenvalue weighted by atomic mass is 9.94. The van der Waals surface area contributed by atoms with Gasteiger partial charge in [-0.1, -0.05) is 45.7 Å². The Hall–Kier alpha value is -0.980. The third-order valence-corrected chi connectivity index (χ3v) is 3.10. The lowest BCUT2D eigenvalue weighted by Crippen LogP contribution is -2.00. The summed E-state index contributed by atoms with van der Waals surface area (Å²) in [4.78, 5) is 0. The predicted octanol–water partition coefficient (Wildman–Crippen LogP) is 4.40. The van der Waals surface area contributed by atoms with Crippen LogP contribution in [-0.2, 0) is 6.42 Å². The van der Waals surface area contributed by atoms with Crippen LogP contribution in [0.25, 0.3) is 0 Å². The number of phenolic OH excluding ortho intramolecular Hbond substituents is 1. The second-order valence-electron chi connectivity index (χ2n) is 5.28. The molecule has 0 bridgehead atoms. The molecule has 0 spiro atoms. The normalized spacial score (nSPS) is 13.0. The molecule has 0 aliphatic heterocycles. The summed E-state index contributed by atoms with van der Waals surface area (Å²) in [6.45, 7) is 6.90. The molecule has 0 amide bonds. The lowest BCUT2D eigenvalue weighted by molar-refractivity contribution is 0.428. The third-order valence-electron chi connectivity index (χ3n) is 3.10. The molecule has 0 aromatic heterocycles. The summed E-state index contributed by atoms with van der Waals surface area (Å²) in [5.41, 5.74) is 1.33. The second kappa shape index (κ2) is 6.57. The van der Waals surface area contributed by atoms with Crippen molar-refractivity contribution in [1.29, 1.82) is 0 Å². The number of aromatic hydroxyl groups is 1. The van der Waals surface area contributed by atoms with E-state index >= 15 is 0 Å². The van der Waals surface area contributed by atoms with Crippen LogP contribution in [0, 0.1) is 11.8 Å². The van der Waals surface area contributed by atoms with E-state index in [0.717, 1.165) is 18.3 Å². The molecule has 16 heavy (non-hydrogen) atoms. The lowest BCUT2D eigenvalue weighted by Gasteiger charge is -2.12. The van der Waals surface area contributed by atoms with Gasteiger partial charge in [-0.3, -0.25) is 0 Å². The Morgan fingerprint density at radius 2 is 1.56 bits per heavy atom. The Morgan fingerprint density at radius 3 is 2.12 bits per heavy atom. The molecule has 0 aliphatic rings. The standard InChI is InChI=1S/C15H24O/c1-12(2)4-5-13(3)6-7-14-8-10-15(16)11-9-14/h8-13,16H,4-7H2,1-3H3/i15+1. The molecule has 1 aromatic carbocycles. The minimum absolute atomic E-state index is 0.358. The zero-order valence-corrected chi connectivity index (χ0v) is 10.7. The minimum Gasteiger partial charge on any atom is -0.508 e. The molecular formula is C15H24O. The van der Waals surface area contributed by atoms with E-state index in [0.29, 0.717) is 5.75 Å². The van der Waals surface area contributed by atoms with Gasteiger partial charge in [-0.2, -0.15) is 0 Å². The fourth-order valence-electron chi connectivity index (χ4n) is 1.84. The van der Waals surface area contributed by atoms with E-state index in [1.54, 1.807) is 12.1 Å². The van der Waals surface area contributed by atoms with Crippen LogP contribution in [-0.4, -0.2) is 5.11 Å². The van der Waals surface area contributed by atoms with E-state index in [2.05, 4.69) is 20.8 Å². The van der Waals surface area contributed by atoms with Crippen molar-refractivity contribution < 1.29 is 5.11 Å². The smallest absolute Gasteiger partial charge is 0.115 e. The van der Waals surface area contributed by atoms with Gasteiger partial charge in [0.25, 0.3) is 0 Å². The van der Waals surface area contributed by atoms with E-state index in [9.17, 15) is 5.11 Å². The first-order valence-corrected chi connectivity index (χ1v) is 6.36. The van der Waals surface area contributed by atoms with Crippen molar-refractivity contribution in [2.75, 3.05) is 0 Å². The number of hydrogen-bond donors (Lipinski definition) is 1. The minimum atomic E-state index is 0.358. The SMILES string of the molecule is CC(C)CCC(C)CCc1cc[13c](O)cc1. The van der Waals surface area contributed by atoms with Gasteiger partial charge in [-0.05, 0) is 42.4 Å². The van der Waals surface area contributed by atoms with Gasteiger partial charge in [-0.25, -0.2) is 0 Å². The highest BCUT2D eigenvalue weighted by molar-refractivity contribution is 5.25. The highest BCUT2D eigenvalue weighted by Gasteiger charge is 2.04. The summed E-state index contributed by atoms with van der Waals surface area (Å²) < 4.78 is 0. The first kappa shape index (κ1) is 13.1. The van der Waals surface area contributed by atoms with Crippen molar-refractivity contribution in [3.8, 4) is 5.75 Å². The van der Waals surface area contributed by atoms with Crippen LogP contribution in [0.5, 0.6) is 5.75 Å². The average molecular weight is 221 g/mol. The van der Waals surface area contributed by atoms with Crippen molar-refractivity contribution in [2.45, 2.75) is 46.5 Å². The molecule has 0 radical (unpaired) electrons. The molecule has 0 saturated carbocycles. The van der Waals surface area contributed by atoms with Crippen LogP contribution in [0.15, 0.2) is 24.3 Å². The van der Waals surface area contributed by atoms with E-state index in [-0.39, 0.29) is 0 Å². The first-order valence-electron chi connectivity index (χ1n) is 6.36. The highest BCUT2D eigenvalue weighted by Crippen LogP contribution is 2.18. The van der Waals surface area contributed by atoms with Crippen molar-refractivity contribution in [1.82, 2.24) is 0 Å². The maximum Gasteiger partial charge on any atom is 0.115 e. The van der Waals surface area contributed by atoms with Gasteiger partial charge < -0.3 is 5.11 Å². The monoisotopic (exact) mass is 221 g/mol. The summed E-state index contributed by atoms with van der Waals surface area (Å²) in [6.07, 6.45) is 5.03. The average Bonchev–Trinajstić information content (AvgIpc) is 2.25. The third kappa shape index (κ3) is 5.20. The summed E-state index contributed by atoms with van der Waals surface area (Å²) in [7, 11) is 0. The molecule has 1 aromatic rings. The fourth-order valence-corrected chi connectivity index (χ4v) is 1.84. The van der Waals surface area contributed by atoms with E-state index in [1.807, 2.05) is 12.1 Å². The van der Waals surface area contributed by atoms with Gasteiger partial charge in [0.15, 0.2) is 0 Å². The quantitative estimate of drug-likeness (QED) is 0.755. The molecule has 1 rings (SSSR count). The van der Waals surface area contributed by atoms with Crippen molar-refractivity contribution >= 4 is 0 Å². The van der Waals surface area contributed by atoms with Gasteiger partial charge in [0.05, 0.1) is 0 Å². The van der Waals surface area contributed by atoms with Crippen LogP contribution in [0.3, 0.4) is 0 Å². The van der Waals surface area contributed by atoms with Gasteiger partial charge in [-0.15, -0.1) is 0 Å². The summed E-state index contributed by atoms with van der Waals surface area (Å²) in [5.74, 6) is 1.98. The highest BCUT2D eigenvalue weighted by atomic mass is 16.3. The fraction of sp³-hybridized carbons (Fsp3) is 0.600. The Labute approximate surface area is 99.5 Å².